The Morgan fingerprint density at radius 2 is 1.72 bits per heavy atom. The first-order valence-electron chi connectivity index (χ1n) is 9.07. The average molecular weight is 397 g/mol. The lowest BCUT2D eigenvalue weighted by Gasteiger charge is -2.17. The van der Waals surface area contributed by atoms with E-state index in [4.69, 9.17) is 18.7 Å². The first-order chi connectivity index (χ1) is 14.1. The van der Waals surface area contributed by atoms with Crippen molar-refractivity contribution in [3.05, 3.63) is 65.8 Å². The van der Waals surface area contributed by atoms with Gasteiger partial charge in [0.05, 0.1) is 14.2 Å². The van der Waals surface area contributed by atoms with Crippen LogP contribution in [0, 0.1) is 0 Å². The molecule has 1 aromatic heterocycles. The minimum atomic E-state index is -0.154. The van der Waals surface area contributed by atoms with Crippen molar-refractivity contribution in [2.75, 3.05) is 27.8 Å². The van der Waals surface area contributed by atoms with Crippen LogP contribution in [0.1, 0.15) is 22.1 Å². The van der Waals surface area contributed by atoms with Crippen LogP contribution in [0.2, 0.25) is 0 Å². The highest BCUT2D eigenvalue weighted by molar-refractivity contribution is 5.95. The lowest BCUT2D eigenvalue weighted by atomic mass is 10.1. The number of carbonyl (C=O) groups excluding carboxylic acids is 1. The summed E-state index contributed by atoms with van der Waals surface area (Å²) in [5.41, 5.74) is 0.480. The van der Waals surface area contributed by atoms with E-state index in [1.807, 2.05) is 30.3 Å². The third kappa shape index (κ3) is 5.47. The van der Waals surface area contributed by atoms with Gasteiger partial charge in [0.25, 0.3) is 11.8 Å². The Balaban J connectivity index is 1.54. The van der Waals surface area contributed by atoms with Gasteiger partial charge in [-0.25, -0.2) is 0 Å². The molecular formula is C21H23N3O5. The van der Waals surface area contributed by atoms with E-state index in [1.165, 1.54) is 0 Å². The number of methoxy groups -OCH3 is 2. The molecule has 0 N–H and O–H groups in total. The molecule has 0 atom stereocenters. The lowest BCUT2D eigenvalue weighted by Crippen LogP contribution is -2.29. The fraction of sp³-hybridized carbons (Fsp3) is 0.286. The average Bonchev–Trinajstić information content (AvgIpc) is 3.23. The van der Waals surface area contributed by atoms with E-state index in [1.54, 1.807) is 44.4 Å². The number of carbonyl (C=O) groups is 1. The Morgan fingerprint density at radius 1 is 1.03 bits per heavy atom. The van der Waals surface area contributed by atoms with Gasteiger partial charge in [0.1, 0.15) is 17.2 Å². The Bertz CT molecular complexity index is 920. The molecular weight excluding hydrogens is 374 g/mol. The maximum absolute atomic E-state index is 12.7. The summed E-state index contributed by atoms with van der Waals surface area (Å²) in [6, 6.07) is 14.5. The summed E-state index contributed by atoms with van der Waals surface area (Å²) >= 11 is 0. The van der Waals surface area contributed by atoms with Gasteiger partial charge in [0, 0.05) is 31.6 Å². The van der Waals surface area contributed by atoms with Crippen LogP contribution in [-0.4, -0.2) is 48.8 Å². The van der Waals surface area contributed by atoms with Crippen molar-refractivity contribution < 1.29 is 23.5 Å². The summed E-state index contributed by atoms with van der Waals surface area (Å²) in [6.07, 6.45) is 0.457. The molecule has 29 heavy (non-hydrogen) atoms. The van der Waals surface area contributed by atoms with Crippen molar-refractivity contribution in [3.63, 3.8) is 0 Å². The molecule has 0 aliphatic carbocycles. The predicted octanol–water partition coefficient (Wildman–Crippen LogP) is 2.98. The second-order valence-corrected chi connectivity index (χ2v) is 6.28. The van der Waals surface area contributed by atoms with Gasteiger partial charge in [-0.1, -0.05) is 23.4 Å². The van der Waals surface area contributed by atoms with Crippen molar-refractivity contribution >= 4 is 5.91 Å². The fourth-order valence-corrected chi connectivity index (χ4v) is 2.63. The molecule has 3 rings (SSSR count). The van der Waals surface area contributed by atoms with Gasteiger partial charge in [0.15, 0.2) is 12.4 Å². The van der Waals surface area contributed by atoms with Crippen molar-refractivity contribution in [1.29, 1.82) is 0 Å². The Hall–Kier alpha value is -3.55. The second kappa shape index (κ2) is 9.59. The quantitative estimate of drug-likeness (QED) is 0.548. The number of nitrogens with zero attached hydrogens (tertiary/aromatic N) is 3. The first-order valence-corrected chi connectivity index (χ1v) is 9.07. The van der Waals surface area contributed by atoms with Crippen LogP contribution in [0.4, 0.5) is 0 Å². The highest BCUT2D eigenvalue weighted by atomic mass is 16.5. The molecule has 0 aliphatic heterocycles. The number of ether oxygens (including phenoxy) is 3. The van der Waals surface area contributed by atoms with Gasteiger partial charge in [-0.15, -0.1) is 0 Å². The standard InChI is InChI=1S/C21H23N3O5/c1-24(21(25)15-11-17(26-2)13-18(12-15)27-3)10-9-19-22-20(29-23-19)14-28-16-7-5-4-6-8-16/h4-8,11-13H,9-10,14H2,1-3H3. The highest BCUT2D eigenvalue weighted by Gasteiger charge is 2.16. The maximum atomic E-state index is 12.7. The van der Waals surface area contributed by atoms with Crippen LogP contribution in [-0.2, 0) is 13.0 Å². The van der Waals surface area contributed by atoms with Crippen molar-refractivity contribution in [2.45, 2.75) is 13.0 Å². The summed E-state index contributed by atoms with van der Waals surface area (Å²) in [7, 11) is 4.80. The molecule has 0 radical (unpaired) electrons. The van der Waals surface area contributed by atoms with E-state index >= 15 is 0 Å². The summed E-state index contributed by atoms with van der Waals surface area (Å²) in [6.45, 7) is 0.617. The first kappa shape index (κ1) is 20.2. The molecule has 0 bridgehead atoms. The van der Waals surface area contributed by atoms with Crippen LogP contribution < -0.4 is 14.2 Å². The maximum Gasteiger partial charge on any atom is 0.264 e. The molecule has 2 aromatic carbocycles. The molecule has 3 aromatic rings. The van der Waals surface area contributed by atoms with Crippen LogP contribution in [0.15, 0.2) is 53.1 Å². The molecule has 152 valence electrons. The van der Waals surface area contributed by atoms with Gasteiger partial charge in [0.2, 0.25) is 0 Å². The highest BCUT2D eigenvalue weighted by Crippen LogP contribution is 2.23. The van der Waals surface area contributed by atoms with Crippen LogP contribution in [0.3, 0.4) is 0 Å². The molecule has 1 amide bonds. The molecule has 8 nitrogen and oxygen atoms in total. The van der Waals surface area contributed by atoms with Gasteiger partial charge in [-0.2, -0.15) is 4.98 Å². The van der Waals surface area contributed by atoms with E-state index in [9.17, 15) is 4.79 Å². The van der Waals surface area contributed by atoms with Gasteiger partial charge < -0.3 is 23.6 Å². The Kier molecular flexibility index (Phi) is 6.67. The van der Waals surface area contributed by atoms with E-state index in [2.05, 4.69) is 10.1 Å². The summed E-state index contributed by atoms with van der Waals surface area (Å²) in [5.74, 6) is 2.59. The molecule has 8 heteroatoms. The fourth-order valence-electron chi connectivity index (χ4n) is 2.63. The number of rotatable bonds is 9. The third-order valence-electron chi connectivity index (χ3n) is 4.23. The molecule has 0 aliphatic rings. The number of hydrogen-bond acceptors (Lipinski definition) is 7. The molecule has 0 unspecified atom stereocenters. The Morgan fingerprint density at radius 3 is 2.38 bits per heavy atom. The van der Waals surface area contributed by atoms with Gasteiger partial charge in [-0.3, -0.25) is 4.79 Å². The van der Waals surface area contributed by atoms with E-state index in [-0.39, 0.29) is 12.5 Å². The van der Waals surface area contributed by atoms with Gasteiger partial charge >= 0.3 is 0 Å². The number of aromatic nitrogens is 2. The lowest BCUT2D eigenvalue weighted by molar-refractivity contribution is 0.0795. The van der Waals surface area contributed by atoms with Crippen molar-refractivity contribution in [2.24, 2.45) is 0 Å². The minimum absolute atomic E-state index is 0.154. The molecule has 0 fully saturated rings. The molecule has 1 heterocycles. The number of likely N-dealkylation sites (N-methyl/N-ethyl adjacent to an activating group) is 1. The van der Waals surface area contributed by atoms with Crippen LogP contribution in [0.25, 0.3) is 0 Å². The summed E-state index contributed by atoms with van der Waals surface area (Å²) < 4.78 is 21.2. The minimum Gasteiger partial charge on any atom is -0.497 e. The summed E-state index contributed by atoms with van der Waals surface area (Å²) in [4.78, 5) is 18.6. The van der Waals surface area contributed by atoms with E-state index < -0.39 is 0 Å². The SMILES string of the molecule is COc1cc(OC)cc(C(=O)N(C)CCc2noc(COc3ccccc3)n2)c1. The zero-order chi connectivity index (χ0) is 20.6. The van der Waals surface area contributed by atoms with Crippen LogP contribution >= 0.6 is 0 Å². The predicted molar refractivity (Wildman–Crippen MR) is 105 cm³/mol. The topological polar surface area (TPSA) is 86.9 Å². The summed E-state index contributed by atoms with van der Waals surface area (Å²) in [5, 5.41) is 3.94. The van der Waals surface area contributed by atoms with Crippen molar-refractivity contribution in [3.8, 4) is 17.2 Å². The van der Waals surface area contributed by atoms with E-state index in [0.717, 1.165) is 5.75 Å². The number of benzene rings is 2. The zero-order valence-corrected chi connectivity index (χ0v) is 16.6. The smallest absolute Gasteiger partial charge is 0.264 e. The molecule has 0 saturated heterocycles. The van der Waals surface area contributed by atoms with E-state index in [0.29, 0.717) is 41.7 Å². The zero-order valence-electron chi connectivity index (χ0n) is 16.6. The molecule has 0 saturated carbocycles. The van der Waals surface area contributed by atoms with Crippen LogP contribution in [0.5, 0.6) is 17.2 Å². The third-order valence-corrected chi connectivity index (χ3v) is 4.23. The molecule has 0 spiro atoms. The second-order valence-electron chi connectivity index (χ2n) is 6.28. The number of para-hydroxylation sites is 1. The van der Waals surface area contributed by atoms with Gasteiger partial charge in [-0.05, 0) is 24.3 Å². The number of hydrogen-bond donors (Lipinski definition) is 0. The largest absolute Gasteiger partial charge is 0.497 e. The number of amides is 1. The monoisotopic (exact) mass is 397 g/mol. The Labute approximate surface area is 169 Å². The normalized spacial score (nSPS) is 10.4. The van der Waals surface area contributed by atoms with Crippen molar-refractivity contribution in [1.82, 2.24) is 15.0 Å².